The van der Waals surface area contributed by atoms with E-state index in [1.165, 1.54) is 34.0 Å². The fourth-order valence-corrected chi connectivity index (χ4v) is 5.06. The van der Waals surface area contributed by atoms with E-state index in [2.05, 4.69) is 34.4 Å². The molecule has 0 saturated heterocycles. The molecule has 158 valence electrons. The summed E-state index contributed by atoms with van der Waals surface area (Å²) in [7, 11) is 0. The Morgan fingerprint density at radius 1 is 1.03 bits per heavy atom. The number of thiazole rings is 1. The van der Waals surface area contributed by atoms with Crippen molar-refractivity contribution < 1.29 is 9.18 Å². The topological polar surface area (TPSA) is 45.6 Å². The predicted octanol–water partition coefficient (Wildman–Crippen LogP) is 6.32. The van der Waals surface area contributed by atoms with Crippen LogP contribution >= 0.6 is 23.1 Å². The Bertz CT molecular complexity index is 1330. The third-order valence-electron chi connectivity index (χ3n) is 5.00. The normalized spacial score (nSPS) is 15.1. The second-order valence-corrected chi connectivity index (χ2v) is 9.40. The number of aromatic nitrogens is 1. The number of carbonyl (C=O) groups excluding carboxylic acids is 1. The highest BCUT2D eigenvalue weighted by Gasteiger charge is 2.33. The van der Waals surface area contributed by atoms with Crippen LogP contribution in [0, 0.1) is 12.7 Å². The number of aryl methyl sites for hydroxylation is 1. The Hall–Kier alpha value is -3.29. The summed E-state index contributed by atoms with van der Waals surface area (Å²) >= 11 is 3.05. The molecule has 2 heterocycles. The molecule has 0 saturated carbocycles. The maximum atomic E-state index is 13.3. The van der Waals surface area contributed by atoms with Crippen LogP contribution in [0.1, 0.15) is 11.1 Å². The molecule has 0 atom stereocenters. The molecule has 1 aliphatic heterocycles. The van der Waals surface area contributed by atoms with Gasteiger partial charge in [0.2, 0.25) is 5.13 Å². The van der Waals surface area contributed by atoms with E-state index in [-0.39, 0.29) is 11.7 Å². The zero-order valence-corrected chi connectivity index (χ0v) is 18.8. The number of hydrazone groups is 1. The minimum Gasteiger partial charge on any atom is -0.267 e. The lowest BCUT2D eigenvalue weighted by Crippen LogP contribution is -2.21. The van der Waals surface area contributed by atoms with Crippen LogP contribution in [0.2, 0.25) is 0 Å². The number of nitrogens with zero attached hydrogens (tertiary/aromatic N) is 3. The third kappa shape index (κ3) is 4.22. The van der Waals surface area contributed by atoms with E-state index in [0.717, 1.165) is 20.7 Å². The fraction of sp³-hybridized carbons (Fsp3) is 0.0800. The van der Waals surface area contributed by atoms with Crippen molar-refractivity contribution in [3.8, 4) is 0 Å². The van der Waals surface area contributed by atoms with Crippen molar-refractivity contribution in [2.75, 3.05) is 10.8 Å². The van der Waals surface area contributed by atoms with Crippen molar-refractivity contribution in [2.45, 2.75) is 11.8 Å². The molecule has 0 spiro atoms. The number of hydrogen-bond acceptors (Lipinski definition) is 5. The first-order chi connectivity index (χ1) is 15.6. The van der Waals surface area contributed by atoms with Gasteiger partial charge in [-0.15, -0.1) is 11.8 Å². The van der Waals surface area contributed by atoms with Crippen LogP contribution in [0.15, 0.2) is 88.4 Å². The lowest BCUT2D eigenvalue weighted by Gasteiger charge is -2.06. The van der Waals surface area contributed by atoms with Crippen LogP contribution in [-0.4, -0.2) is 22.4 Å². The van der Waals surface area contributed by atoms with Gasteiger partial charge in [0, 0.05) is 10.6 Å². The fourth-order valence-electron chi connectivity index (χ4n) is 3.30. The smallest absolute Gasteiger partial charge is 0.267 e. The molecule has 1 aliphatic rings. The summed E-state index contributed by atoms with van der Waals surface area (Å²) in [4.78, 5) is 19.0. The summed E-state index contributed by atoms with van der Waals surface area (Å²) in [5.41, 5.74) is 3.94. The molecule has 0 N–H and O–H groups in total. The zero-order valence-electron chi connectivity index (χ0n) is 17.2. The van der Waals surface area contributed by atoms with E-state index < -0.39 is 0 Å². The summed E-state index contributed by atoms with van der Waals surface area (Å²) in [5, 5.41) is 6.57. The van der Waals surface area contributed by atoms with Gasteiger partial charge >= 0.3 is 0 Å². The van der Waals surface area contributed by atoms with Gasteiger partial charge in [-0.1, -0.05) is 53.3 Å². The Balaban J connectivity index is 1.49. The summed E-state index contributed by atoms with van der Waals surface area (Å²) in [6.07, 6.45) is 1.77. The highest BCUT2D eigenvalue weighted by atomic mass is 32.2. The molecule has 1 amide bonds. The maximum Gasteiger partial charge on any atom is 0.282 e. The Labute approximate surface area is 193 Å². The van der Waals surface area contributed by atoms with E-state index >= 15 is 0 Å². The van der Waals surface area contributed by atoms with Crippen molar-refractivity contribution >= 4 is 56.1 Å². The molecule has 7 heteroatoms. The van der Waals surface area contributed by atoms with Crippen molar-refractivity contribution in [2.24, 2.45) is 5.10 Å². The Morgan fingerprint density at radius 2 is 1.78 bits per heavy atom. The van der Waals surface area contributed by atoms with Crippen LogP contribution in [0.5, 0.6) is 0 Å². The molecule has 0 bridgehead atoms. The number of para-hydroxylation sites is 1. The average Bonchev–Trinajstić information content (AvgIpc) is 3.36. The van der Waals surface area contributed by atoms with E-state index in [9.17, 15) is 9.18 Å². The summed E-state index contributed by atoms with van der Waals surface area (Å²) < 4.78 is 14.3. The molecule has 0 unspecified atom stereocenters. The molecule has 5 rings (SSSR count). The number of amides is 1. The lowest BCUT2D eigenvalue weighted by molar-refractivity contribution is -0.114. The van der Waals surface area contributed by atoms with Gasteiger partial charge in [0.1, 0.15) is 5.82 Å². The first kappa shape index (κ1) is 20.6. The van der Waals surface area contributed by atoms with Gasteiger partial charge in [0.25, 0.3) is 5.91 Å². The highest BCUT2D eigenvalue weighted by molar-refractivity contribution is 8.00. The molecule has 0 aliphatic carbocycles. The Kier molecular flexibility index (Phi) is 5.59. The van der Waals surface area contributed by atoms with Gasteiger partial charge in [0.05, 0.1) is 21.5 Å². The molecule has 1 aromatic heterocycles. The largest absolute Gasteiger partial charge is 0.282 e. The van der Waals surface area contributed by atoms with Crippen molar-refractivity contribution in [1.29, 1.82) is 0 Å². The number of halogens is 1. The lowest BCUT2D eigenvalue weighted by atomic mass is 10.1. The molecule has 32 heavy (non-hydrogen) atoms. The predicted molar refractivity (Wildman–Crippen MR) is 131 cm³/mol. The van der Waals surface area contributed by atoms with Crippen LogP contribution in [0.4, 0.5) is 9.52 Å². The van der Waals surface area contributed by atoms with Crippen LogP contribution in [-0.2, 0) is 4.79 Å². The van der Waals surface area contributed by atoms with Crippen LogP contribution < -0.4 is 5.01 Å². The number of rotatable bonds is 5. The first-order valence-corrected chi connectivity index (χ1v) is 11.8. The minimum absolute atomic E-state index is 0.229. The second kappa shape index (κ2) is 8.68. The minimum atomic E-state index is -0.315. The Morgan fingerprint density at radius 3 is 2.53 bits per heavy atom. The molecule has 0 radical (unpaired) electrons. The van der Waals surface area contributed by atoms with E-state index in [4.69, 9.17) is 0 Å². The summed E-state index contributed by atoms with van der Waals surface area (Å²) in [6.45, 7) is 2.05. The van der Waals surface area contributed by atoms with Crippen molar-refractivity contribution in [3.63, 3.8) is 0 Å². The van der Waals surface area contributed by atoms with E-state index in [0.29, 0.717) is 22.2 Å². The molecule has 0 fully saturated rings. The quantitative estimate of drug-likeness (QED) is 0.259. The van der Waals surface area contributed by atoms with Crippen molar-refractivity contribution in [3.05, 3.63) is 95.3 Å². The average molecular weight is 460 g/mol. The van der Waals surface area contributed by atoms with E-state index in [1.54, 1.807) is 30.0 Å². The zero-order chi connectivity index (χ0) is 22.1. The molecule has 3 aromatic carbocycles. The monoisotopic (exact) mass is 459 g/mol. The standard InChI is InChI=1S/C25H18FN3OS2/c1-16-6-12-19(13-7-16)31-15-22-20(14-17-8-10-18(26)11-9-17)24(30)29(28-22)25-27-21-4-2-3-5-23(21)32-25/h2-14H,15H2,1H3/b20-14+. The molecule has 4 nitrogen and oxygen atoms in total. The number of fused-ring (bicyclic) bond motifs is 1. The number of benzene rings is 3. The highest BCUT2D eigenvalue weighted by Crippen LogP contribution is 2.33. The maximum absolute atomic E-state index is 13.3. The van der Waals surface area contributed by atoms with Gasteiger partial charge in [-0.25, -0.2) is 9.37 Å². The van der Waals surface area contributed by atoms with Gasteiger partial charge in [-0.3, -0.25) is 4.79 Å². The number of anilines is 1. The second-order valence-electron chi connectivity index (χ2n) is 7.34. The first-order valence-electron chi connectivity index (χ1n) is 10.0. The van der Waals surface area contributed by atoms with Gasteiger partial charge in [-0.2, -0.15) is 10.1 Å². The third-order valence-corrected chi connectivity index (χ3v) is 7.03. The van der Waals surface area contributed by atoms with Crippen LogP contribution in [0.25, 0.3) is 16.3 Å². The number of hydrogen-bond donors (Lipinski definition) is 0. The summed E-state index contributed by atoms with van der Waals surface area (Å²) in [6, 6.07) is 22.1. The van der Waals surface area contributed by atoms with Gasteiger partial charge < -0.3 is 0 Å². The number of carbonyl (C=O) groups is 1. The van der Waals surface area contributed by atoms with Crippen LogP contribution in [0.3, 0.4) is 0 Å². The van der Waals surface area contributed by atoms with Gasteiger partial charge in [0.15, 0.2) is 0 Å². The molecular formula is C25H18FN3OS2. The van der Waals surface area contributed by atoms with Crippen molar-refractivity contribution in [1.82, 2.24) is 4.98 Å². The SMILES string of the molecule is Cc1ccc(SCC2=NN(c3nc4ccccc4s3)C(=O)/C2=C/c2ccc(F)cc2)cc1. The number of thioether (sulfide) groups is 1. The molecule has 4 aromatic rings. The van der Waals surface area contributed by atoms with Gasteiger partial charge in [-0.05, 0) is 55.0 Å². The van der Waals surface area contributed by atoms with E-state index in [1.807, 2.05) is 31.2 Å². The summed E-state index contributed by atoms with van der Waals surface area (Å²) in [5.74, 6) is -0.0128. The molecular weight excluding hydrogens is 441 g/mol.